The van der Waals surface area contributed by atoms with Gasteiger partial charge in [0.15, 0.2) is 6.10 Å². The Labute approximate surface area is 143 Å². The summed E-state index contributed by atoms with van der Waals surface area (Å²) in [6, 6.07) is 14.6. The number of carbonyl (C=O) groups excluding carboxylic acids is 1. The van der Waals surface area contributed by atoms with Gasteiger partial charge in [0.05, 0.1) is 0 Å². The first kappa shape index (κ1) is 16.6. The summed E-state index contributed by atoms with van der Waals surface area (Å²) in [5.74, 6) is -0.00747. The Morgan fingerprint density at radius 3 is 2.68 bits per heavy atom. The molecule has 0 aliphatic heterocycles. The van der Waals surface area contributed by atoms with Crippen molar-refractivity contribution >= 4 is 16.9 Å². The third kappa shape index (κ3) is 3.98. The molecule has 6 heteroatoms. The van der Waals surface area contributed by atoms with Crippen molar-refractivity contribution in [2.75, 3.05) is 0 Å². The van der Waals surface area contributed by atoms with Crippen LogP contribution in [0.15, 0.2) is 63.8 Å². The highest BCUT2D eigenvalue weighted by molar-refractivity contribution is 5.82. The van der Waals surface area contributed by atoms with E-state index in [0.29, 0.717) is 16.7 Å². The summed E-state index contributed by atoms with van der Waals surface area (Å²) in [4.78, 5) is 23.7. The normalized spacial score (nSPS) is 11.9. The van der Waals surface area contributed by atoms with Crippen LogP contribution in [0, 0.1) is 0 Å². The molecule has 0 saturated carbocycles. The van der Waals surface area contributed by atoms with Crippen molar-refractivity contribution in [2.24, 2.45) is 0 Å². The first-order chi connectivity index (χ1) is 12.0. The summed E-state index contributed by atoms with van der Waals surface area (Å²) < 4.78 is 15.8. The Hall–Kier alpha value is -3.28. The molecule has 0 unspecified atom stereocenters. The number of aromatic hydroxyl groups is 1. The maximum absolute atomic E-state index is 12.1. The third-order valence-electron chi connectivity index (χ3n) is 3.57. The van der Waals surface area contributed by atoms with Gasteiger partial charge in [0, 0.05) is 23.1 Å². The van der Waals surface area contributed by atoms with Crippen LogP contribution < -0.4 is 10.4 Å². The van der Waals surface area contributed by atoms with Crippen molar-refractivity contribution in [3.8, 4) is 11.5 Å². The molecular weight excluding hydrogens is 324 g/mol. The maximum Gasteiger partial charge on any atom is 0.347 e. The molecule has 6 nitrogen and oxygen atoms in total. The summed E-state index contributed by atoms with van der Waals surface area (Å²) in [6.45, 7) is 1.49. The molecule has 0 spiro atoms. The molecular formula is C19H16O6. The topological polar surface area (TPSA) is 86.0 Å². The Kier molecular flexibility index (Phi) is 4.70. The number of benzene rings is 2. The summed E-state index contributed by atoms with van der Waals surface area (Å²) in [5.41, 5.74) is 0.136. The lowest BCUT2D eigenvalue weighted by molar-refractivity contribution is -0.152. The Morgan fingerprint density at radius 2 is 1.92 bits per heavy atom. The lowest BCUT2D eigenvalue weighted by Gasteiger charge is -2.14. The van der Waals surface area contributed by atoms with Crippen LogP contribution in [-0.4, -0.2) is 17.2 Å². The van der Waals surface area contributed by atoms with Crippen LogP contribution in [0.5, 0.6) is 11.5 Å². The monoisotopic (exact) mass is 340 g/mol. The van der Waals surface area contributed by atoms with E-state index in [1.807, 2.05) is 6.07 Å². The second kappa shape index (κ2) is 7.09. The van der Waals surface area contributed by atoms with Gasteiger partial charge in [-0.1, -0.05) is 18.2 Å². The van der Waals surface area contributed by atoms with Crippen LogP contribution in [0.3, 0.4) is 0 Å². The largest absolute Gasteiger partial charge is 0.508 e. The molecule has 0 saturated heterocycles. The fraction of sp³-hybridized carbons (Fsp3) is 0.158. The van der Waals surface area contributed by atoms with Gasteiger partial charge < -0.3 is 19.0 Å². The van der Waals surface area contributed by atoms with Gasteiger partial charge in [-0.2, -0.15) is 0 Å². The molecule has 0 aliphatic rings. The van der Waals surface area contributed by atoms with Crippen LogP contribution in [-0.2, 0) is 16.1 Å². The van der Waals surface area contributed by atoms with E-state index in [1.54, 1.807) is 37.3 Å². The minimum Gasteiger partial charge on any atom is -0.508 e. The number of hydrogen-bond acceptors (Lipinski definition) is 6. The lowest BCUT2D eigenvalue weighted by Crippen LogP contribution is -2.26. The van der Waals surface area contributed by atoms with Crippen molar-refractivity contribution in [1.29, 1.82) is 0 Å². The van der Waals surface area contributed by atoms with E-state index in [-0.39, 0.29) is 17.9 Å². The minimum atomic E-state index is -0.794. The summed E-state index contributed by atoms with van der Waals surface area (Å²) in [6.07, 6.45) is -0.794. The Morgan fingerprint density at radius 1 is 1.16 bits per heavy atom. The fourth-order valence-electron chi connectivity index (χ4n) is 2.36. The Bertz CT molecular complexity index is 945. The predicted octanol–water partition coefficient (Wildman–Crippen LogP) is 3.01. The van der Waals surface area contributed by atoms with Gasteiger partial charge in [0.2, 0.25) is 0 Å². The van der Waals surface area contributed by atoms with Gasteiger partial charge in [0.1, 0.15) is 23.7 Å². The number of ether oxygens (including phenoxy) is 2. The number of para-hydroxylation sites is 1. The zero-order valence-corrected chi connectivity index (χ0v) is 13.5. The van der Waals surface area contributed by atoms with E-state index in [1.165, 1.54) is 18.2 Å². The van der Waals surface area contributed by atoms with Crippen LogP contribution in [0.4, 0.5) is 0 Å². The summed E-state index contributed by atoms with van der Waals surface area (Å²) in [7, 11) is 0. The molecule has 25 heavy (non-hydrogen) atoms. The number of phenols is 1. The number of hydrogen-bond donors (Lipinski definition) is 1. The highest BCUT2D eigenvalue weighted by Gasteiger charge is 2.17. The Balaban J connectivity index is 1.72. The molecule has 0 bridgehead atoms. The summed E-state index contributed by atoms with van der Waals surface area (Å²) >= 11 is 0. The van der Waals surface area contributed by atoms with E-state index in [0.717, 1.165) is 0 Å². The van der Waals surface area contributed by atoms with Gasteiger partial charge in [-0.05, 0) is 31.2 Å². The molecule has 0 amide bonds. The van der Waals surface area contributed by atoms with E-state index < -0.39 is 17.7 Å². The van der Waals surface area contributed by atoms with Gasteiger partial charge in [-0.25, -0.2) is 9.59 Å². The highest BCUT2D eigenvalue weighted by Crippen LogP contribution is 2.22. The molecule has 128 valence electrons. The highest BCUT2D eigenvalue weighted by atomic mass is 16.6. The standard InChI is InChI=1S/C19H16O6/c1-12(24-15-5-3-2-4-6-15)19(22)23-11-13-9-18(21)25-17-10-14(20)7-8-16(13)17/h2-10,12,20H,11H2,1H3/t12-/m0/s1. The quantitative estimate of drug-likeness (QED) is 0.567. The number of fused-ring (bicyclic) bond motifs is 1. The summed E-state index contributed by atoms with van der Waals surface area (Å²) in [5, 5.41) is 10.1. The second-order valence-electron chi connectivity index (χ2n) is 5.45. The second-order valence-corrected chi connectivity index (χ2v) is 5.45. The first-order valence-electron chi connectivity index (χ1n) is 7.67. The maximum atomic E-state index is 12.1. The average molecular weight is 340 g/mol. The SMILES string of the molecule is C[C@H](Oc1ccccc1)C(=O)OCc1cc(=O)oc2cc(O)ccc12. The molecule has 1 atom stereocenters. The molecule has 3 rings (SSSR count). The van der Waals surface area contributed by atoms with Gasteiger partial charge >= 0.3 is 11.6 Å². The molecule has 2 aromatic carbocycles. The zero-order valence-electron chi connectivity index (χ0n) is 13.5. The molecule has 1 heterocycles. The fourth-order valence-corrected chi connectivity index (χ4v) is 2.36. The van der Waals surface area contributed by atoms with E-state index >= 15 is 0 Å². The van der Waals surface area contributed by atoms with E-state index in [2.05, 4.69) is 0 Å². The smallest absolute Gasteiger partial charge is 0.347 e. The number of esters is 1. The number of rotatable bonds is 5. The molecule has 3 aromatic rings. The number of phenolic OH excluding ortho intramolecular Hbond substituents is 1. The first-order valence-corrected chi connectivity index (χ1v) is 7.67. The van der Waals surface area contributed by atoms with Crippen molar-refractivity contribution < 1.29 is 23.8 Å². The molecule has 0 radical (unpaired) electrons. The minimum absolute atomic E-state index is 0.0188. The van der Waals surface area contributed by atoms with Crippen LogP contribution in [0.1, 0.15) is 12.5 Å². The molecule has 1 aromatic heterocycles. The molecule has 1 N–H and O–H groups in total. The van der Waals surface area contributed by atoms with Crippen molar-refractivity contribution in [2.45, 2.75) is 19.6 Å². The molecule has 0 fully saturated rings. The van der Waals surface area contributed by atoms with Gasteiger partial charge in [0.25, 0.3) is 0 Å². The van der Waals surface area contributed by atoms with E-state index in [4.69, 9.17) is 13.9 Å². The van der Waals surface area contributed by atoms with E-state index in [9.17, 15) is 14.7 Å². The van der Waals surface area contributed by atoms with Crippen LogP contribution in [0.25, 0.3) is 11.0 Å². The van der Waals surface area contributed by atoms with Crippen molar-refractivity contribution in [3.05, 3.63) is 70.6 Å². The van der Waals surface area contributed by atoms with Gasteiger partial charge in [-0.15, -0.1) is 0 Å². The lowest BCUT2D eigenvalue weighted by atomic mass is 10.1. The van der Waals surface area contributed by atoms with Crippen molar-refractivity contribution in [1.82, 2.24) is 0 Å². The zero-order chi connectivity index (χ0) is 17.8. The number of carbonyl (C=O) groups is 1. The van der Waals surface area contributed by atoms with Gasteiger partial charge in [-0.3, -0.25) is 0 Å². The molecule has 0 aliphatic carbocycles. The third-order valence-corrected chi connectivity index (χ3v) is 3.57. The predicted molar refractivity (Wildman–Crippen MR) is 90.5 cm³/mol. The van der Waals surface area contributed by atoms with Crippen LogP contribution >= 0.6 is 0 Å². The average Bonchev–Trinajstić information content (AvgIpc) is 2.59. The van der Waals surface area contributed by atoms with Crippen LogP contribution in [0.2, 0.25) is 0 Å². The van der Waals surface area contributed by atoms with Crippen molar-refractivity contribution in [3.63, 3.8) is 0 Å².